The first kappa shape index (κ1) is 17.2. The average Bonchev–Trinajstić information content (AvgIpc) is 2.87. The third-order valence-electron chi connectivity index (χ3n) is 4.96. The number of benzene rings is 1. The summed E-state index contributed by atoms with van der Waals surface area (Å²) in [5, 5.41) is 2.49. The number of carbonyl (C=O) groups is 1. The monoisotopic (exact) mass is 342 g/mol. The van der Waals surface area contributed by atoms with E-state index in [9.17, 15) is 18.0 Å². The molecule has 1 atom stereocenters. The van der Waals surface area contributed by atoms with Crippen LogP contribution in [-0.4, -0.2) is 36.6 Å². The minimum absolute atomic E-state index is 0.0258. The van der Waals surface area contributed by atoms with Crippen LogP contribution in [0, 0.1) is 0 Å². The Morgan fingerprint density at radius 3 is 2.62 bits per heavy atom. The van der Waals surface area contributed by atoms with Gasteiger partial charge in [-0.15, -0.1) is 0 Å². The molecule has 1 fully saturated rings. The summed E-state index contributed by atoms with van der Waals surface area (Å²) in [5.41, 5.74) is -0.672. The van der Waals surface area contributed by atoms with Gasteiger partial charge in [-0.1, -0.05) is 0 Å². The third-order valence-corrected chi connectivity index (χ3v) is 4.96. The number of amides is 1. The molecule has 1 aromatic rings. The Bertz CT molecular complexity index is 671. The van der Waals surface area contributed by atoms with E-state index in [2.05, 4.69) is 10.2 Å². The fourth-order valence-electron chi connectivity index (χ4n) is 3.44. The van der Waals surface area contributed by atoms with Crippen molar-refractivity contribution < 1.29 is 22.7 Å². The van der Waals surface area contributed by atoms with E-state index in [1.54, 1.807) is 6.07 Å². The van der Waals surface area contributed by atoms with Gasteiger partial charge >= 0.3 is 6.18 Å². The number of halogens is 3. The zero-order valence-electron chi connectivity index (χ0n) is 14.0. The molecule has 2 aliphatic heterocycles. The molecule has 7 heteroatoms. The molecular weight excluding hydrogens is 321 g/mol. The largest absolute Gasteiger partial charge is 0.416 e. The first-order valence-electron chi connectivity index (χ1n) is 8.00. The average molecular weight is 342 g/mol. The normalized spacial score (nSPS) is 22.4. The van der Waals surface area contributed by atoms with Crippen LogP contribution < -0.4 is 5.32 Å². The van der Waals surface area contributed by atoms with Gasteiger partial charge in [-0.3, -0.25) is 9.69 Å². The van der Waals surface area contributed by atoms with E-state index in [4.69, 9.17) is 4.74 Å². The fourth-order valence-corrected chi connectivity index (χ4v) is 3.44. The number of hydrogen-bond acceptors (Lipinski definition) is 3. The van der Waals surface area contributed by atoms with Crippen molar-refractivity contribution in [3.05, 3.63) is 34.4 Å². The number of rotatable bonds is 2. The number of ether oxygens (including phenoxy) is 1. The molecule has 0 aromatic heterocycles. The van der Waals surface area contributed by atoms with Gasteiger partial charge in [0.05, 0.1) is 18.3 Å². The lowest BCUT2D eigenvalue weighted by Gasteiger charge is -2.43. The Kier molecular flexibility index (Phi) is 4.12. The van der Waals surface area contributed by atoms with Gasteiger partial charge < -0.3 is 10.1 Å². The fraction of sp³-hybridized carbons (Fsp3) is 0.588. The van der Waals surface area contributed by atoms with Crippen molar-refractivity contribution in [1.82, 2.24) is 10.2 Å². The number of hydrogen-bond donors (Lipinski definition) is 1. The first-order chi connectivity index (χ1) is 11.1. The molecule has 2 aliphatic rings. The number of nitrogens with zero attached hydrogens (tertiary/aromatic N) is 1. The van der Waals surface area contributed by atoms with Gasteiger partial charge in [-0.25, -0.2) is 0 Å². The molecule has 0 spiro atoms. The van der Waals surface area contributed by atoms with Gasteiger partial charge in [0.15, 0.2) is 0 Å². The summed E-state index contributed by atoms with van der Waals surface area (Å²) in [6.07, 6.45) is -4.46. The first-order valence-corrected chi connectivity index (χ1v) is 8.00. The summed E-state index contributed by atoms with van der Waals surface area (Å²) in [5.74, 6) is -0.441. The lowest BCUT2D eigenvalue weighted by Crippen LogP contribution is -2.50. The van der Waals surface area contributed by atoms with Gasteiger partial charge in [0.2, 0.25) is 0 Å². The summed E-state index contributed by atoms with van der Waals surface area (Å²) in [4.78, 5) is 14.0. The van der Waals surface area contributed by atoms with Crippen LogP contribution in [0.3, 0.4) is 0 Å². The summed E-state index contributed by atoms with van der Waals surface area (Å²) < 4.78 is 45.9. The maximum atomic E-state index is 13.5. The van der Waals surface area contributed by atoms with Crippen molar-refractivity contribution in [3.63, 3.8) is 0 Å². The van der Waals surface area contributed by atoms with Crippen LogP contribution in [0.5, 0.6) is 0 Å². The van der Waals surface area contributed by atoms with Crippen LogP contribution in [0.25, 0.3) is 0 Å². The lowest BCUT2D eigenvalue weighted by molar-refractivity contribution is -0.138. The number of morpholine rings is 1. The minimum Gasteiger partial charge on any atom is -0.376 e. The molecular formula is C17H21F3N2O2. The van der Waals surface area contributed by atoms with Crippen molar-refractivity contribution in [3.8, 4) is 0 Å². The second kappa shape index (κ2) is 5.74. The Morgan fingerprint density at radius 2 is 2.00 bits per heavy atom. The van der Waals surface area contributed by atoms with Crippen molar-refractivity contribution in [2.75, 3.05) is 19.7 Å². The van der Waals surface area contributed by atoms with Gasteiger partial charge in [-0.05, 0) is 44.0 Å². The molecule has 0 saturated carbocycles. The van der Waals surface area contributed by atoms with Crippen LogP contribution >= 0.6 is 0 Å². The highest BCUT2D eigenvalue weighted by Crippen LogP contribution is 2.39. The van der Waals surface area contributed by atoms with Crippen molar-refractivity contribution in [2.24, 2.45) is 0 Å². The molecule has 3 rings (SSSR count). The summed E-state index contributed by atoms with van der Waals surface area (Å²) in [6.45, 7) is 7.47. The molecule has 1 N–H and O–H groups in total. The Labute approximate surface area is 139 Å². The molecule has 132 valence electrons. The number of carbonyl (C=O) groups excluding carboxylic acids is 1. The van der Waals surface area contributed by atoms with Crippen LogP contribution in [0.1, 0.15) is 47.8 Å². The standard InChI is InChI=1S/C17H21F3N2O2/c1-10-9-22(4-5-24-10)16(2,3)11-6-12-13(8-21-15(12)23)14(7-11)17(18,19)20/h6-7,10H,4-5,8-9H2,1-3H3,(H,21,23)/t10-/m1/s1. The lowest BCUT2D eigenvalue weighted by atomic mass is 9.86. The predicted molar refractivity (Wildman–Crippen MR) is 82.6 cm³/mol. The third kappa shape index (κ3) is 2.91. The Hall–Kier alpha value is -1.60. The summed E-state index contributed by atoms with van der Waals surface area (Å²) in [6, 6.07) is 2.80. The maximum Gasteiger partial charge on any atom is 0.416 e. The second-order valence-corrected chi connectivity index (χ2v) is 6.92. The molecule has 0 aliphatic carbocycles. The van der Waals surface area contributed by atoms with E-state index >= 15 is 0 Å². The van der Waals surface area contributed by atoms with E-state index in [0.717, 1.165) is 0 Å². The topological polar surface area (TPSA) is 41.6 Å². The van der Waals surface area contributed by atoms with Crippen LogP contribution in [0.4, 0.5) is 13.2 Å². The molecule has 1 amide bonds. The van der Waals surface area contributed by atoms with Gasteiger partial charge in [-0.2, -0.15) is 13.2 Å². The van der Waals surface area contributed by atoms with Gasteiger partial charge in [0, 0.05) is 30.7 Å². The van der Waals surface area contributed by atoms with E-state index in [-0.39, 0.29) is 23.8 Å². The van der Waals surface area contributed by atoms with Gasteiger partial charge in [0.1, 0.15) is 0 Å². The van der Waals surface area contributed by atoms with Gasteiger partial charge in [0.25, 0.3) is 5.91 Å². The van der Waals surface area contributed by atoms with Crippen molar-refractivity contribution in [1.29, 1.82) is 0 Å². The zero-order valence-corrected chi connectivity index (χ0v) is 14.0. The molecule has 4 nitrogen and oxygen atoms in total. The molecule has 1 aromatic carbocycles. The minimum atomic E-state index is -4.49. The van der Waals surface area contributed by atoms with Crippen molar-refractivity contribution >= 4 is 5.91 Å². The van der Waals surface area contributed by atoms with E-state index in [1.807, 2.05) is 20.8 Å². The Balaban J connectivity index is 2.07. The molecule has 0 unspecified atom stereocenters. The van der Waals surface area contributed by atoms with Crippen LogP contribution in [-0.2, 0) is 23.0 Å². The molecule has 24 heavy (non-hydrogen) atoms. The van der Waals surface area contributed by atoms with E-state index in [1.165, 1.54) is 6.07 Å². The maximum absolute atomic E-state index is 13.5. The number of nitrogens with one attached hydrogen (secondary N) is 1. The molecule has 0 bridgehead atoms. The SMILES string of the molecule is C[C@@H]1CN(C(C)(C)c2cc3c(c(C(F)(F)F)c2)CNC3=O)CCO1. The summed E-state index contributed by atoms with van der Waals surface area (Å²) >= 11 is 0. The Morgan fingerprint density at radius 1 is 1.29 bits per heavy atom. The summed E-state index contributed by atoms with van der Waals surface area (Å²) in [7, 11) is 0. The number of fused-ring (bicyclic) bond motifs is 1. The van der Waals surface area contributed by atoms with Crippen LogP contribution in [0.2, 0.25) is 0 Å². The quantitative estimate of drug-likeness (QED) is 0.899. The highest BCUT2D eigenvalue weighted by Gasteiger charge is 2.40. The molecule has 2 heterocycles. The van der Waals surface area contributed by atoms with Crippen molar-refractivity contribution in [2.45, 2.75) is 45.1 Å². The second-order valence-electron chi connectivity index (χ2n) is 6.92. The predicted octanol–water partition coefficient (Wildman–Crippen LogP) is 2.90. The van der Waals surface area contributed by atoms with Crippen LogP contribution in [0.15, 0.2) is 12.1 Å². The van der Waals surface area contributed by atoms with E-state index < -0.39 is 23.2 Å². The molecule has 0 radical (unpaired) electrons. The zero-order chi connectivity index (χ0) is 17.7. The smallest absolute Gasteiger partial charge is 0.376 e. The number of alkyl halides is 3. The molecule has 1 saturated heterocycles. The van der Waals surface area contributed by atoms with E-state index in [0.29, 0.717) is 25.3 Å². The highest BCUT2D eigenvalue weighted by molar-refractivity contribution is 5.99. The highest BCUT2D eigenvalue weighted by atomic mass is 19.4.